The fraction of sp³-hybridized carbons (Fsp3) is 0.700. The molecular formula is C10H14ClNS. The summed E-state index contributed by atoms with van der Waals surface area (Å²) in [5.41, 5.74) is 1.52. The van der Waals surface area contributed by atoms with Crippen molar-refractivity contribution in [2.75, 3.05) is 5.88 Å². The predicted octanol–water partition coefficient (Wildman–Crippen LogP) is 3.43. The van der Waals surface area contributed by atoms with Crippen LogP contribution in [-0.2, 0) is 0 Å². The minimum atomic E-state index is 0.390. The molecule has 2 atom stereocenters. The maximum Gasteiger partial charge on any atom is 0.0514 e. The molecule has 0 amide bonds. The fourth-order valence-corrected chi connectivity index (χ4v) is 3.81. The molecule has 0 radical (unpaired) electrons. The van der Waals surface area contributed by atoms with Crippen LogP contribution in [0, 0.1) is 18.3 Å². The molecule has 1 aromatic heterocycles. The second-order valence-electron chi connectivity index (χ2n) is 4.43. The van der Waals surface area contributed by atoms with E-state index in [2.05, 4.69) is 24.3 Å². The van der Waals surface area contributed by atoms with Crippen molar-refractivity contribution < 1.29 is 0 Å². The molecule has 1 fully saturated rings. The first-order valence-electron chi connectivity index (χ1n) is 4.56. The summed E-state index contributed by atoms with van der Waals surface area (Å²) in [4.78, 5) is 1.41. The van der Waals surface area contributed by atoms with Crippen molar-refractivity contribution >= 4 is 23.1 Å². The minimum Gasteiger partial charge on any atom is -0.198 e. The monoisotopic (exact) mass is 215 g/mol. The quantitative estimate of drug-likeness (QED) is 0.689. The summed E-state index contributed by atoms with van der Waals surface area (Å²) in [6.45, 7) is 6.63. The summed E-state index contributed by atoms with van der Waals surface area (Å²) in [7, 11) is 0. The number of rotatable bonds is 2. The number of hydrogen-bond donors (Lipinski definition) is 0. The average Bonchev–Trinajstić information content (AvgIpc) is 2.41. The van der Waals surface area contributed by atoms with Crippen LogP contribution in [-0.4, -0.2) is 10.3 Å². The van der Waals surface area contributed by atoms with Gasteiger partial charge in [-0.2, -0.15) is 4.37 Å². The van der Waals surface area contributed by atoms with Gasteiger partial charge >= 0.3 is 0 Å². The molecule has 2 unspecified atom stereocenters. The molecule has 3 heteroatoms. The summed E-state index contributed by atoms with van der Waals surface area (Å²) in [6, 6.07) is 2.20. The van der Waals surface area contributed by atoms with Gasteiger partial charge < -0.3 is 0 Å². The Morgan fingerprint density at radius 1 is 1.62 bits per heavy atom. The SMILES string of the molecule is Cc1cc(C2C(CCl)C2(C)C)sn1. The minimum absolute atomic E-state index is 0.390. The van der Waals surface area contributed by atoms with E-state index in [0.717, 1.165) is 11.6 Å². The smallest absolute Gasteiger partial charge is 0.0514 e. The Morgan fingerprint density at radius 2 is 2.31 bits per heavy atom. The van der Waals surface area contributed by atoms with Gasteiger partial charge in [0, 0.05) is 16.7 Å². The zero-order valence-electron chi connectivity index (χ0n) is 8.17. The molecule has 1 aliphatic carbocycles. The number of aromatic nitrogens is 1. The van der Waals surface area contributed by atoms with Crippen molar-refractivity contribution in [2.24, 2.45) is 11.3 Å². The van der Waals surface area contributed by atoms with Gasteiger partial charge in [-0.25, -0.2) is 0 Å². The second-order valence-corrected chi connectivity index (χ2v) is 5.58. The van der Waals surface area contributed by atoms with Gasteiger partial charge in [0.05, 0.1) is 5.69 Å². The maximum atomic E-state index is 5.92. The lowest BCUT2D eigenvalue weighted by atomic mass is 10.1. The molecule has 0 aromatic carbocycles. The fourth-order valence-electron chi connectivity index (χ4n) is 2.13. The van der Waals surface area contributed by atoms with E-state index in [9.17, 15) is 0 Å². The lowest BCUT2D eigenvalue weighted by Crippen LogP contribution is -1.90. The molecule has 13 heavy (non-hydrogen) atoms. The third-order valence-electron chi connectivity index (χ3n) is 3.17. The number of aryl methyl sites for hydroxylation is 1. The molecule has 0 saturated heterocycles. The average molecular weight is 216 g/mol. The van der Waals surface area contributed by atoms with Crippen LogP contribution < -0.4 is 0 Å². The Bertz CT molecular complexity index is 318. The molecular weight excluding hydrogens is 202 g/mol. The van der Waals surface area contributed by atoms with Crippen LogP contribution in [0.15, 0.2) is 6.07 Å². The Balaban J connectivity index is 2.21. The van der Waals surface area contributed by atoms with Crippen LogP contribution in [0.2, 0.25) is 0 Å². The molecule has 1 heterocycles. The van der Waals surface area contributed by atoms with Crippen molar-refractivity contribution in [3.8, 4) is 0 Å². The van der Waals surface area contributed by atoms with E-state index >= 15 is 0 Å². The van der Waals surface area contributed by atoms with Crippen molar-refractivity contribution in [1.82, 2.24) is 4.37 Å². The summed E-state index contributed by atoms with van der Waals surface area (Å²) in [5, 5.41) is 0. The normalized spacial score (nSPS) is 30.5. The van der Waals surface area contributed by atoms with Gasteiger partial charge in [-0.3, -0.25) is 0 Å². The highest BCUT2D eigenvalue weighted by molar-refractivity contribution is 7.06. The molecule has 0 aliphatic heterocycles. The molecule has 1 saturated carbocycles. The van der Waals surface area contributed by atoms with Gasteiger partial charge in [0.15, 0.2) is 0 Å². The summed E-state index contributed by atoms with van der Waals surface area (Å²) >= 11 is 7.55. The molecule has 0 spiro atoms. The second kappa shape index (κ2) is 2.96. The van der Waals surface area contributed by atoms with Crippen molar-refractivity contribution in [3.63, 3.8) is 0 Å². The van der Waals surface area contributed by atoms with Crippen molar-refractivity contribution in [3.05, 3.63) is 16.6 Å². The molecule has 0 N–H and O–H groups in total. The van der Waals surface area contributed by atoms with Crippen LogP contribution in [0.4, 0.5) is 0 Å². The van der Waals surface area contributed by atoms with Gasteiger partial charge in [-0.05, 0) is 35.9 Å². The van der Waals surface area contributed by atoms with E-state index < -0.39 is 0 Å². The van der Waals surface area contributed by atoms with Gasteiger partial charge in [-0.1, -0.05) is 13.8 Å². The van der Waals surface area contributed by atoms with E-state index in [1.807, 2.05) is 6.92 Å². The number of alkyl halides is 1. The highest BCUT2D eigenvalue weighted by Crippen LogP contribution is 2.65. The molecule has 1 nitrogen and oxygen atoms in total. The third kappa shape index (κ3) is 1.40. The predicted molar refractivity (Wildman–Crippen MR) is 57.6 cm³/mol. The Hall–Kier alpha value is -0.0800. The maximum absolute atomic E-state index is 5.92. The van der Waals surface area contributed by atoms with E-state index in [-0.39, 0.29) is 0 Å². The zero-order chi connectivity index (χ0) is 9.64. The third-order valence-corrected chi connectivity index (χ3v) is 4.46. The van der Waals surface area contributed by atoms with E-state index in [1.165, 1.54) is 4.88 Å². The van der Waals surface area contributed by atoms with Crippen molar-refractivity contribution in [1.29, 1.82) is 0 Å². The van der Waals surface area contributed by atoms with Crippen LogP contribution >= 0.6 is 23.1 Å². The van der Waals surface area contributed by atoms with Crippen LogP contribution in [0.5, 0.6) is 0 Å². The highest BCUT2D eigenvalue weighted by atomic mass is 35.5. The van der Waals surface area contributed by atoms with Gasteiger partial charge in [0.2, 0.25) is 0 Å². The first kappa shape index (κ1) is 9.47. The highest BCUT2D eigenvalue weighted by Gasteiger charge is 2.58. The van der Waals surface area contributed by atoms with E-state index in [4.69, 9.17) is 11.6 Å². The summed E-state index contributed by atoms with van der Waals surface area (Å²) in [5.74, 6) is 2.07. The Labute approximate surface area is 88.3 Å². The van der Waals surface area contributed by atoms with E-state index in [0.29, 0.717) is 17.3 Å². The molecule has 1 aliphatic rings. The summed E-state index contributed by atoms with van der Waals surface area (Å²) in [6.07, 6.45) is 0. The van der Waals surface area contributed by atoms with Crippen LogP contribution in [0.1, 0.15) is 30.3 Å². The Kier molecular flexibility index (Phi) is 2.16. The number of halogens is 1. The first-order chi connectivity index (χ1) is 6.07. The molecule has 1 aromatic rings. The largest absolute Gasteiger partial charge is 0.198 e. The Morgan fingerprint density at radius 3 is 2.69 bits per heavy atom. The zero-order valence-corrected chi connectivity index (χ0v) is 9.75. The lowest BCUT2D eigenvalue weighted by Gasteiger charge is -1.98. The lowest BCUT2D eigenvalue weighted by molar-refractivity contribution is 0.578. The van der Waals surface area contributed by atoms with Gasteiger partial charge in [0.25, 0.3) is 0 Å². The van der Waals surface area contributed by atoms with Gasteiger partial charge in [0.1, 0.15) is 0 Å². The molecule has 2 rings (SSSR count). The molecule has 72 valence electrons. The van der Waals surface area contributed by atoms with Crippen molar-refractivity contribution in [2.45, 2.75) is 26.7 Å². The van der Waals surface area contributed by atoms with Crippen LogP contribution in [0.3, 0.4) is 0 Å². The van der Waals surface area contributed by atoms with E-state index in [1.54, 1.807) is 11.5 Å². The number of hydrogen-bond acceptors (Lipinski definition) is 2. The van der Waals surface area contributed by atoms with Gasteiger partial charge in [-0.15, -0.1) is 11.6 Å². The molecule has 0 bridgehead atoms. The topological polar surface area (TPSA) is 12.9 Å². The number of nitrogens with zero attached hydrogens (tertiary/aromatic N) is 1. The standard InChI is InChI=1S/C10H14ClNS/c1-6-4-8(13-12-6)9-7(5-11)10(9,2)3/h4,7,9H,5H2,1-3H3. The van der Waals surface area contributed by atoms with Crippen LogP contribution in [0.25, 0.3) is 0 Å². The summed E-state index contributed by atoms with van der Waals surface area (Å²) < 4.78 is 4.31. The first-order valence-corrected chi connectivity index (χ1v) is 5.87.